The van der Waals surface area contributed by atoms with E-state index in [9.17, 15) is 5.11 Å². The molecule has 0 fully saturated rings. The second-order valence-electron chi connectivity index (χ2n) is 4.30. The van der Waals surface area contributed by atoms with E-state index in [1.54, 1.807) is 6.07 Å². The van der Waals surface area contributed by atoms with Crippen LogP contribution in [-0.2, 0) is 6.42 Å². The van der Waals surface area contributed by atoms with E-state index in [2.05, 4.69) is 15.0 Å². The zero-order chi connectivity index (χ0) is 14.1. The van der Waals surface area contributed by atoms with Gasteiger partial charge in [-0.2, -0.15) is 4.98 Å². The maximum absolute atomic E-state index is 9.87. The molecule has 0 bridgehead atoms. The molecule has 0 atom stereocenters. The molecule has 0 saturated carbocycles. The number of hydrogen-bond donors (Lipinski definition) is 1. The number of hydrogen-bond acceptors (Lipinski definition) is 4. The van der Waals surface area contributed by atoms with Crippen molar-refractivity contribution in [2.75, 3.05) is 0 Å². The normalized spacial score (nSPS) is 10.9. The molecule has 2 aromatic carbocycles. The van der Waals surface area contributed by atoms with Crippen LogP contribution in [0.4, 0.5) is 0 Å². The predicted octanol–water partition coefficient (Wildman–Crippen LogP) is 3.63. The van der Waals surface area contributed by atoms with Gasteiger partial charge in [0.05, 0.1) is 0 Å². The van der Waals surface area contributed by atoms with Crippen molar-refractivity contribution >= 4 is 34.0 Å². The molecule has 0 saturated heterocycles. The second kappa shape index (κ2) is 5.23. The summed E-state index contributed by atoms with van der Waals surface area (Å²) in [5.41, 5.74) is 0.956. The summed E-state index contributed by atoms with van der Waals surface area (Å²) in [4.78, 5) is 11.8. The Hall–Kier alpha value is -1.91. The monoisotopic (exact) mass is 305 g/mol. The highest BCUT2D eigenvalue weighted by Crippen LogP contribution is 2.26. The summed E-state index contributed by atoms with van der Waals surface area (Å²) >= 11 is 11.5. The quantitative estimate of drug-likeness (QED) is 0.785. The van der Waals surface area contributed by atoms with Crippen LogP contribution >= 0.6 is 23.2 Å². The van der Waals surface area contributed by atoms with Crippen LogP contribution in [0.15, 0.2) is 36.4 Å². The number of fused-ring (bicyclic) bond motifs is 1. The Bertz CT molecular complexity index is 772. The van der Waals surface area contributed by atoms with Crippen molar-refractivity contribution in [3.63, 3.8) is 0 Å². The van der Waals surface area contributed by atoms with E-state index in [4.69, 9.17) is 23.2 Å². The standard InChI is InChI=1S/C14H9Cl2N3O/c15-13-17-12(18-14(16)19-13)7-8-4-5-9-2-1-3-11(20)10(9)6-8/h1-6,20H,7H2. The van der Waals surface area contributed by atoms with Gasteiger partial charge in [0.15, 0.2) is 0 Å². The second-order valence-corrected chi connectivity index (χ2v) is 4.98. The van der Waals surface area contributed by atoms with Crippen LogP contribution in [0.25, 0.3) is 10.8 Å². The lowest BCUT2D eigenvalue weighted by atomic mass is 10.0. The van der Waals surface area contributed by atoms with Crippen molar-refractivity contribution in [1.82, 2.24) is 15.0 Å². The van der Waals surface area contributed by atoms with Crippen LogP contribution in [0.1, 0.15) is 11.4 Å². The van der Waals surface area contributed by atoms with Crippen LogP contribution in [0.2, 0.25) is 10.6 Å². The number of phenols is 1. The number of rotatable bonds is 2. The first-order valence-electron chi connectivity index (χ1n) is 5.88. The summed E-state index contributed by atoms with van der Waals surface area (Å²) in [5, 5.41) is 11.8. The Kier molecular flexibility index (Phi) is 3.42. The molecule has 0 radical (unpaired) electrons. The minimum Gasteiger partial charge on any atom is -0.507 e. The molecule has 20 heavy (non-hydrogen) atoms. The summed E-state index contributed by atoms with van der Waals surface area (Å²) in [5.74, 6) is 0.737. The number of halogens is 2. The van der Waals surface area contributed by atoms with Crippen LogP contribution in [0.3, 0.4) is 0 Å². The highest BCUT2D eigenvalue weighted by Gasteiger charge is 2.06. The molecular formula is C14H9Cl2N3O. The molecular weight excluding hydrogens is 297 g/mol. The topological polar surface area (TPSA) is 58.9 Å². The molecule has 6 heteroatoms. The van der Waals surface area contributed by atoms with Crippen molar-refractivity contribution < 1.29 is 5.11 Å². The van der Waals surface area contributed by atoms with Gasteiger partial charge < -0.3 is 5.11 Å². The van der Waals surface area contributed by atoms with Crippen molar-refractivity contribution in [1.29, 1.82) is 0 Å². The van der Waals surface area contributed by atoms with Crippen molar-refractivity contribution in [3.05, 3.63) is 58.4 Å². The lowest BCUT2D eigenvalue weighted by Gasteiger charge is -2.05. The summed E-state index contributed by atoms with van der Waals surface area (Å²) in [6, 6.07) is 11.2. The minimum atomic E-state index is 0.0728. The van der Waals surface area contributed by atoms with Gasteiger partial charge in [-0.1, -0.05) is 24.3 Å². The third-order valence-electron chi connectivity index (χ3n) is 2.91. The molecule has 0 unspecified atom stereocenters. The van der Waals surface area contributed by atoms with Gasteiger partial charge in [0.1, 0.15) is 11.6 Å². The molecule has 0 aliphatic carbocycles. The third-order valence-corrected chi connectivity index (χ3v) is 3.25. The first kappa shape index (κ1) is 13.1. The molecule has 0 aliphatic heterocycles. The van der Waals surface area contributed by atoms with E-state index in [1.165, 1.54) is 0 Å². The Labute approximate surface area is 125 Å². The molecule has 0 amide bonds. The highest BCUT2D eigenvalue weighted by atomic mass is 35.5. The zero-order valence-corrected chi connectivity index (χ0v) is 11.7. The van der Waals surface area contributed by atoms with Gasteiger partial charge >= 0.3 is 0 Å². The molecule has 3 rings (SSSR count). The number of aromatic hydroxyl groups is 1. The van der Waals surface area contributed by atoms with Crippen molar-refractivity contribution in [3.8, 4) is 5.75 Å². The smallest absolute Gasteiger partial charge is 0.226 e. The molecule has 0 spiro atoms. The van der Waals surface area contributed by atoms with Crippen molar-refractivity contribution in [2.45, 2.75) is 6.42 Å². The van der Waals surface area contributed by atoms with E-state index in [0.29, 0.717) is 12.2 Å². The summed E-state index contributed by atoms with van der Waals surface area (Å²) in [6.45, 7) is 0. The first-order valence-corrected chi connectivity index (χ1v) is 6.64. The summed E-state index contributed by atoms with van der Waals surface area (Å²) in [6.07, 6.45) is 0.465. The maximum Gasteiger partial charge on any atom is 0.226 e. The zero-order valence-electron chi connectivity index (χ0n) is 10.2. The van der Waals surface area contributed by atoms with E-state index in [1.807, 2.05) is 30.3 Å². The molecule has 4 nitrogen and oxygen atoms in total. The van der Waals surface area contributed by atoms with Gasteiger partial charge in [0.2, 0.25) is 10.6 Å². The van der Waals surface area contributed by atoms with Crippen LogP contribution in [0, 0.1) is 0 Å². The van der Waals surface area contributed by atoms with Gasteiger partial charge in [-0.05, 0) is 46.3 Å². The van der Waals surface area contributed by atoms with Crippen LogP contribution in [0.5, 0.6) is 5.75 Å². The molecule has 100 valence electrons. The van der Waals surface area contributed by atoms with Gasteiger partial charge in [0.25, 0.3) is 0 Å². The Morgan fingerprint density at radius 2 is 1.70 bits per heavy atom. The van der Waals surface area contributed by atoms with Crippen LogP contribution in [-0.4, -0.2) is 20.1 Å². The molecule has 1 N–H and O–H groups in total. The fourth-order valence-corrected chi connectivity index (χ4v) is 2.44. The van der Waals surface area contributed by atoms with E-state index in [-0.39, 0.29) is 16.3 Å². The van der Waals surface area contributed by atoms with Gasteiger partial charge in [0, 0.05) is 11.8 Å². The molecule has 3 aromatic rings. The Balaban J connectivity index is 2.00. The van der Waals surface area contributed by atoms with Crippen molar-refractivity contribution in [2.24, 2.45) is 0 Å². The Morgan fingerprint density at radius 3 is 2.45 bits per heavy atom. The van der Waals surface area contributed by atoms with Gasteiger partial charge in [-0.25, -0.2) is 9.97 Å². The SMILES string of the molecule is Oc1cccc2ccc(Cc3nc(Cl)nc(Cl)n3)cc12. The fourth-order valence-electron chi connectivity index (χ4n) is 2.04. The lowest BCUT2D eigenvalue weighted by Crippen LogP contribution is -1.99. The number of benzene rings is 2. The van der Waals surface area contributed by atoms with Gasteiger partial charge in [-0.15, -0.1) is 0 Å². The highest BCUT2D eigenvalue weighted by molar-refractivity contribution is 6.31. The van der Waals surface area contributed by atoms with Crippen LogP contribution < -0.4 is 0 Å². The molecule has 1 heterocycles. The fraction of sp³-hybridized carbons (Fsp3) is 0.0714. The predicted molar refractivity (Wildman–Crippen MR) is 78.3 cm³/mol. The number of phenolic OH excluding ortho intramolecular Hbond substituents is 1. The van der Waals surface area contributed by atoms with E-state index >= 15 is 0 Å². The largest absolute Gasteiger partial charge is 0.507 e. The summed E-state index contributed by atoms with van der Waals surface area (Å²) in [7, 11) is 0. The molecule has 1 aromatic heterocycles. The minimum absolute atomic E-state index is 0.0728. The van der Waals surface area contributed by atoms with E-state index in [0.717, 1.165) is 16.3 Å². The van der Waals surface area contributed by atoms with Gasteiger partial charge in [-0.3, -0.25) is 0 Å². The summed E-state index contributed by atoms with van der Waals surface area (Å²) < 4.78 is 0. The first-order chi connectivity index (χ1) is 9.61. The molecule has 0 aliphatic rings. The number of nitrogens with zero attached hydrogens (tertiary/aromatic N) is 3. The van der Waals surface area contributed by atoms with E-state index < -0.39 is 0 Å². The number of aromatic nitrogens is 3. The average molecular weight is 306 g/mol. The maximum atomic E-state index is 9.87. The Morgan fingerprint density at radius 1 is 0.950 bits per heavy atom. The third kappa shape index (κ3) is 2.66. The average Bonchev–Trinajstić information content (AvgIpc) is 2.38. The lowest BCUT2D eigenvalue weighted by molar-refractivity contribution is 0.481.